The second kappa shape index (κ2) is 6.28. The minimum Gasteiger partial charge on any atom is -0.473 e. The molecule has 0 bridgehead atoms. The summed E-state index contributed by atoms with van der Waals surface area (Å²) in [4.78, 5) is 20.3. The van der Waals surface area contributed by atoms with Gasteiger partial charge in [-0.15, -0.1) is 0 Å². The number of hydrogen-bond acceptors (Lipinski definition) is 6. The molecule has 0 radical (unpaired) electrons. The monoisotopic (exact) mass is 313 g/mol. The first-order valence-electron chi connectivity index (χ1n) is 6.34. The summed E-state index contributed by atoms with van der Waals surface area (Å²) >= 11 is 5.87. The molecule has 1 amide bonds. The van der Waals surface area contributed by atoms with E-state index in [9.17, 15) is 4.79 Å². The van der Waals surface area contributed by atoms with E-state index in [0.29, 0.717) is 22.5 Å². The Morgan fingerprint density at radius 1 is 1.48 bits per heavy atom. The SMILES string of the molecule is CC(C)(C)ON(C=O)CCOc1noc2ncc(Cl)cc12. The van der Waals surface area contributed by atoms with Crippen molar-refractivity contribution in [2.75, 3.05) is 13.2 Å². The average molecular weight is 314 g/mol. The highest BCUT2D eigenvalue weighted by molar-refractivity contribution is 6.31. The van der Waals surface area contributed by atoms with Gasteiger partial charge in [0.2, 0.25) is 6.41 Å². The van der Waals surface area contributed by atoms with Crippen LogP contribution in [0, 0.1) is 0 Å². The number of hydroxylamine groups is 2. The van der Waals surface area contributed by atoms with Crippen LogP contribution in [0.25, 0.3) is 11.1 Å². The molecule has 0 aromatic carbocycles. The minimum absolute atomic E-state index is 0.197. The van der Waals surface area contributed by atoms with E-state index in [1.54, 1.807) is 6.07 Å². The van der Waals surface area contributed by atoms with Crippen molar-refractivity contribution in [2.45, 2.75) is 26.4 Å². The second-order valence-electron chi connectivity index (χ2n) is 5.29. The molecule has 0 atom stereocenters. The van der Waals surface area contributed by atoms with Crippen molar-refractivity contribution in [2.24, 2.45) is 0 Å². The Labute approximate surface area is 126 Å². The number of carbonyl (C=O) groups is 1. The van der Waals surface area contributed by atoms with E-state index < -0.39 is 5.60 Å². The topological polar surface area (TPSA) is 77.7 Å². The van der Waals surface area contributed by atoms with Gasteiger partial charge >= 0.3 is 0 Å². The van der Waals surface area contributed by atoms with Gasteiger partial charge in [-0.25, -0.2) is 10.0 Å². The predicted octanol–water partition coefficient (Wildman–Crippen LogP) is 2.44. The number of nitrogens with zero attached hydrogens (tertiary/aromatic N) is 3. The molecule has 0 aliphatic heterocycles. The fourth-order valence-electron chi connectivity index (χ4n) is 1.59. The number of halogens is 1. The third-order valence-corrected chi connectivity index (χ3v) is 2.53. The van der Waals surface area contributed by atoms with E-state index in [4.69, 9.17) is 25.7 Å². The lowest BCUT2D eigenvalue weighted by molar-refractivity contribution is -0.217. The molecule has 0 aliphatic carbocycles. The zero-order chi connectivity index (χ0) is 15.5. The molecule has 2 aromatic rings. The Morgan fingerprint density at radius 3 is 2.90 bits per heavy atom. The molecule has 21 heavy (non-hydrogen) atoms. The van der Waals surface area contributed by atoms with Crippen LogP contribution in [0.4, 0.5) is 0 Å². The summed E-state index contributed by atoms with van der Waals surface area (Å²) < 4.78 is 10.5. The molecule has 114 valence electrons. The van der Waals surface area contributed by atoms with Gasteiger partial charge in [0, 0.05) is 6.20 Å². The fraction of sp³-hybridized carbons (Fsp3) is 0.462. The van der Waals surface area contributed by atoms with Gasteiger partial charge in [-0.05, 0) is 32.0 Å². The molecule has 8 heteroatoms. The van der Waals surface area contributed by atoms with Crippen molar-refractivity contribution in [3.05, 3.63) is 17.3 Å². The van der Waals surface area contributed by atoms with E-state index in [2.05, 4.69) is 10.1 Å². The van der Waals surface area contributed by atoms with E-state index in [-0.39, 0.29) is 19.0 Å². The van der Waals surface area contributed by atoms with E-state index in [0.717, 1.165) is 0 Å². The van der Waals surface area contributed by atoms with Crippen molar-refractivity contribution in [3.8, 4) is 5.88 Å². The summed E-state index contributed by atoms with van der Waals surface area (Å²) in [7, 11) is 0. The molecule has 0 saturated heterocycles. The lowest BCUT2D eigenvalue weighted by atomic mass is 10.2. The van der Waals surface area contributed by atoms with Gasteiger partial charge in [0.25, 0.3) is 11.6 Å². The molecule has 0 unspecified atom stereocenters. The lowest BCUT2D eigenvalue weighted by Gasteiger charge is -2.26. The van der Waals surface area contributed by atoms with Crippen molar-refractivity contribution in [3.63, 3.8) is 0 Å². The van der Waals surface area contributed by atoms with Gasteiger partial charge in [0.15, 0.2) is 0 Å². The molecule has 0 aliphatic rings. The van der Waals surface area contributed by atoms with Crippen LogP contribution in [-0.2, 0) is 9.63 Å². The van der Waals surface area contributed by atoms with Gasteiger partial charge in [-0.2, -0.15) is 0 Å². The quantitative estimate of drug-likeness (QED) is 0.602. The third-order valence-electron chi connectivity index (χ3n) is 2.32. The van der Waals surface area contributed by atoms with Crippen LogP contribution in [0.15, 0.2) is 16.8 Å². The predicted molar refractivity (Wildman–Crippen MR) is 75.9 cm³/mol. The van der Waals surface area contributed by atoms with Crippen LogP contribution >= 0.6 is 11.6 Å². The largest absolute Gasteiger partial charge is 0.473 e. The highest BCUT2D eigenvalue weighted by atomic mass is 35.5. The molecule has 0 fully saturated rings. The second-order valence-corrected chi connectivity index (χ2v) is 5.73. The Hall–Kier alpha value is -1.86. The summed E-state index contributed by atoms with van der Waals surface area (Å²) in [5, 5.41) is 5.98. The Bertz CT molecular complexity index is 623. The highest BCUT2D eigenvalue weighted by Gasteiger charge is 2.17. The molecular weight excluding hydrogens is 298 g/mol. The minimum atomic E-state index is -0.459. The van der Waals surface area contributed by atoms with Crippen molar-refractivity contribution < 1.29 is 18.9 Å². The number of amides is 1. The molecule has 2 heterocycles. The zero-order valence-corrected chi connectivity index (χ0v) is 12.8. The Balaban J connectivity index is 1.95. The van der Waals surface area contributed by atoms with Crippen LogP contribution in [-0.4, -0.2) is 40.4 Å². The van der Waals surface area contributed by atoms with Gasteiger partial charge in [-0.1, -0.05) is 11.6 Å². The maximum atomic E-state index is 10.9. The van der Waals surface area contributed by atoms with Crippen LogP contribution in [0.5, 0.6) is 5.88 Å². The average Bonchev–Trinajstić information content (AvgIpc) is 2.79. The Morgan fingerprint density at radius 2 is 2.24 bits per heavy atom. The molecule has 0 spiro atoms. The molecular formula is C13H16ClN3O4. The lowest BCUT2D eigenvalue weighted by Crippen LogP contribution is -2.35. The smallest absolute Gasteiger partial charge is 0.264 e. The molecule has 2 rings (SSSR count). The summed E-state index contributed by atoms with van der Waals surface area (Å²) in [5.41, 5.74) is -0.119. The van der Waals surface area contributed by atoms with Crippen molar-refractivity contribution >= 4 is 29.1 Å². The molecule has 2 aromatic heterocycles. The van der Waals surface area contributed by atoms with Gasteiger partial charge in [-0.3, -0.25) is 9.63 Å². The van der Waals surface area contributed by atoms with E-state index in [1.807, 2.05) is 20.8 Å². The standard InChI is InChI=1S/C13H16ClN3O4/c1-13(2,3)21-17(8-18)4-5-19-12-10-6-9(14)7-15-11(10)20-16-12/h6-8H,4-5H2,1-3H3. The van der Waals surface area contributed by atoms with Crippen LogP contribution in [0.2, 0.25) is 5.02 Å². The van der Waals surface area contributed by atoms with Crippen LogP contribution in [0.1, 0.15) is 20.8 Å². The molecule has 0 N–H and O–H groups in total. The van der Waals surface area contributed by atoms with Gasteiger partial charge in [0.1, 0.15) is 12.0 Å². The summed E-state index contributed by atoms with van der Waals surface area (Å²) in [6.45, 7) is 6.00. The summed E-state index contributed by atoms with van der Waals surface area (Å²) in [6, 6.07) is 1.65. The van der Waals surface area contributed by atoms with Crippen LogP contribution in [0.3, 0.4) is 0 Å². The third kappa shape index (κ3) is 4.30. The molecule has 7 nitrogen and oxygen atoms in total. The van der Waals surface area contributed by atoms with Crippen LogP contribution < -0.4 is 4.74 Å². The number of carbonyl (C=O) groups excluding carboxylic acids is 1. The first kappa shape index (κ1) is 15.5. The molecule has 0 saturated carbocycles. The summed E-state index contributed by atoms with van der Waals surface area (Å²) in [5.74, 6) is 0.279. The Kier molecular flexibility index (Phi) is 4.64. The normalized spacial score (nSPS) is 11.6. The maximum absolute atomic E-state index is 10.9. The van der Waals surface area contributed by atoms with E-state index >= 15 is 0 Å². The van der Waals surface area contributed by atoms with Gasteiger partial charge < -0.3 is 9.26 Å². The fourth-order valence-corrected chi connectivity index (χ4v) is 1.75. The zero-order valence-electron chi connectivity index (χ0n) is 12.0. The number of fused-ring (bicyclic) bond motifs is 1. The first-order valence-corrected chi connectivity index (χ1v) is 6.71. The number of pyridine rings is 1. The number of aromatic nitrogens is 2. The van der Waals surface area contributed by atoms with Gasteiger partial charge in [0.05, 0.1) is 17.2 Å². The summed E-state index contributed by atoms with van der Waals surface area (Å²) in [6.07, 6.45) is 2.07. The van der Waals surface area contributed by atoms with Crippen molar-refractivity contribution in [1.82, 2.24) is 15.2 Å². The number of rotatable bonds is 6. The van der Waals surface area contributed by atoms with Crippen molar-refractivity contribution in [1.29, 1.82) is 0 Å². The number of ether oxygens (including phenoxy) is 1. The maximum Gasteiger partial charge on any atom is 0.264 e. The van der Waals surface area contributed by atoms with E-state index in [1.165, 1.54) is 11.3 Å². The first-order chi connectivity index (χ1) is 9.89. The number of hydrogen-bond donors (Lipinski definition) is 0. The highest BCUT2D eigenvalue weighted by Crippen LogP contribution is 2.25.